The highest BCUT2D eigenvalue weighted by molar-refractivity contribution is 7.90. The first-order chi connectivity index (χ1) is 19.1. The SMILES string of the molecule is CC[C@@H](C)NC(=O)[C@H](Cc1ccccc1)N(Cc1ccccc1F)C(=O)CCN1C(=O)c2ccccc2S1(=O)=O. The summed E-state index contributed by atoms with van der Waals surface area (Å²) in [6.07, 6.45) is 0.450. The van der Waals surface area contributed by atoms with Crippen molar-refractivity contribution in [3.8, 4) is 0 Å². The second-order valence-corrected chi connectivity index (χ2v) is 11.6. The van der Waals surface area contributed by atoms with E-state index >= 15 is 0 Å². The summed E-state index contributed by atoms with van der Waals surface area (Å²) in [5, 5.41) is 2.93. The molecule has 2 atom stereocenters. The van der Waals surface area contributed by atoms with Crippen molar-refractivity contribution in [2.24, 2.45) is 0 Å². The van der Waals surface area contributed by atoms with Gasteiger partial charge in [0.15, 0.2) is 0 Å². The van der Waals surface area contributed by atoms with Crippen molar-refractivity contribution in [1.29, 1.82) is 0 Å². The van der Waals surface area contributed by atoms with E-state index in [0.29, 0.717) is 10.7 Å². The molecule has 0 aliphatic carbocycles. The maximum Gasteiger partial charge on any atom is 0.269 e. The van der Waals surface area contributed by atoms with Crippen LogP contribution < -0.4 is 5.32 Å². The Labute approximate surface area is 233 Å². The number of benzene rings is 3. The number of hydrogen-bond donors (Lipinski definition) is 1. The lowest BCUT2D eigenvalue weighted by Crippen LogP contribution is -2.52. The van der Waals surface area contributed by atoms with Gasteiger partial charge in [0.05, 0.1) is 5.56 Å². The van der Waals surface area contributed by atoms with Gasteiger partial charge in [0.1, 0.15) is 16.8 Å². The third-order valence-corrected chi connectivity index (χ3v) is 8.85. The summed E-state index contributed by atoms with van der Waals surface area (Å²) in [6.45, 7) is 3.15. The van der Waals surface area contributed by atoms with Crippen LogP contribution in [0.1, 0.15) is 48.2 Å². The first-order valence-corrected chi connectivity index (χ1v) is 14.6. The molecule has 4 rings (SSSR count). The molecular formula is C30H32FN3O5S. The molecule has 0 bridgehead atoms. The number of sulfonamides is 1. The molecule has 1 heterocycles. The third-order valence-electron chi connectivity index (χ3n) is 7.01. The largest absolute Gasteiger partial charge is 0.352 e. The van der Waals surface area contributed by atoms with Gasteiger partial charge in [-0.3, -0.25) is 14.4 Å². The molecule has 0 spiro atoms. The van der Waals surface area contributed by atoms with Gasteiger partial charge in [0.25, 0.3) is 15.9 Å². The molecule has 3 aromatic rings. The number of nitrogens with one attached hydrogen (secondary N) is 1. The molecule has 0 saturated carbocycles. The molecule has 0 aromatic heterocycles. The van der Waals surface area contributed by atoms with Crippen molar-refractivity contribution in [3.63, 3.8) is 0 Å². The van der Waals surface area contributed by atoms with Gasteiger partial charge in [-0.15, -0.1) is 0 Å². The van der Waals surface area contributed by atoms with Gasteiger partial charge in [0.2, 0.25) is 11.8 Å². The Balaban J connectivity index is 1.65. The molecular weight excluding hydrogens is 533 g/mol. The molecule has 1 N–H and O–H groups in total. The van der Waals surface area contributed by atoms with Crippen molar-refractivity contribution in [3.05, 3.63) is 101 Å². The molecule has 1 aliphatic rings. The van der Waals surface area contributed by atoms with E-state index < -0.39 is 46.1 Å². The highest BCUT2D eigenvalue weighted by atomic mass is 32.2. The minimum Gasteiger partial charge on any atom is -0.352 e. The van der Waals surface area contributed by atoms with Crippen LogP contribution in [0.4, 0.5) is 4.39 Å². The van der Waals surface area contributed by atoms with Crippen LogP contribution in [0, 0.1) is 5.82 Å². The van der Waals surface area contributed by atoms with Crippen LogP contribution in [0.5, 0.6) is 0 Å². The van der Waals surface area contributed by atoms with Gasteiger partial charge in [-0.25, -0.2) is 17.1 Å². The number of carbonyl (C=O) groups excluding carboxylic acids is 3. The highest BCUT2D eigenvalue weighted by Gasteiger charge is 2.41. The van der Waals surface area contributed by atoms with Crippen LogP contribution in [-0.4, -0.2) is 54.0 Å². The summed E-state index contributed by atoms with van der Waals surface area (Å²) in [6, 6.07) is 19.8. The van der Waals surface area contributed by atoms with E-state index in [9.17, 15) is 27.2 Å². The summed E-state index contributed by atoms with van der Waals surface area (Å²) in [5.74, 6) is -2.23. The molecule has 0 saturated heterocycles. The predicted molar refractivity (Wildman–Crippen MR) is 148 cm³/mol. The number of fused-ring (bicyclic) bond motifs is 1. The van der Waals surface area contributed by atoms with Crippen LogP contribution in [0.3, 0.4) is 0 Å². The van der Waals surface area contributed by atoms with Crippen LogP contribution in [0.2, 0.25) is 0 Å². The summed E-state index contributed by atoms with van der Waals surface area (Å²) in [5.41, 5.74) is 1.06. The van der Waals surface area contributed by atoms with Gasteiger partial charge >= 0.3 is 0 Å². The lowest BCUT2D eigenvalue weighted by Gasteiger charge is -2.33. The maximum atomic E-state index is 14.7. The van der Waals surface area contributed by atoms with Gasteiger partial charge in [-0.1, -0.05) is 67.6 Å². The fraction of sp³-hybridized carbons (Fsp3) is 0.300. The zero-order valence-electron chi connectivity index (χ0n) is 22.4. The molecule has 210 valence electrons. The summed E-state index contributed by atoms with van der Waals surface area (Å²) in [4.78, 5) is 41.4. The Bertz CT molecular complexity index is 1500. The summed E-state index contributed by atoms with van der Waals surface area (Å²) in [7, 11) is -4.11. The van der Waals surface area contributed by atoms with Crippen LogP contribution in [0.25, 0.3) is 0 Å². The Morgan fingerprint density at radius 3 is 2.30 bits per heavy atom. The fourth-order valence-corrected chi connectivity index (χ4v) is 6.17. The Morgan fingerprint density at radius 1 is 0.975 bits per heavy atom. The number of rotatable bonds is 11. The van der Waals surface area contributed by atoms with E-state index in [4.69, 9.17) is 0 Å². The molecule has 8 nitrogen and oxygen atoms in total. The van der Waals surface area contributed by atoms with Crippen LogP contribution in [-0.2, 0) is 32.6 Å². The molecule has 1 aliphatic heterocycles. The zero-order chi connectivity index (χ0) is 28.9. The normalized spacial score (nSPS) is 15.3. The van der Waals surface area contributed by atoms with E-state index in [2.05, 4.69) is 5.32 Å². The number of amides is 3. The van der Waals surface area contributed by atoms with E-state index in [0.717, 1.165) is 5.56 Å². The third kappa shape index (κ3) is 6.22. The first kappa shape index (κ1) is 28.9. The Hall–Kier alpha value is -4.05. The van der Waals surface area contributed by atoms with Gasteiger partial charge in [-0.05, 0) is 37.1 Å². The monoisotopic (exact) mass is 565 g/mol. The molecule has 0 radical (unpaired) electrons. The molecule has 0 unspecified atom stereocenters. The standard InChI is InChI=1S/C30H32FN3O5S/c1-3-21(2)32-29(36)26(19-22-11-5-4-6-12-22)33(20-23-13-7-9-15-25(23)31)28(35)17-18-34-30(37)24-14-8-10-16-27(24)40(34,38)39/h4-16,21,26H,3,17-20H2,1-2H3,(H,32,36)/t21-,26+/m1/s1. The second kappa shape index (κ2) is 12.4. The maximum absolute atomic E-state index is 14.7. The average Bonchev–Trinajstić information content (AvgIpc) is 3.15. The number of hydrogen-bond acceptors (Lipinski definition) is 5. The second-order valence-electron chi connectivity index (χ2n) is 9.76. The molecule has 40 heavy (non-hydrogen) atoms. The van der Waals surface area contributed by atoms with Crippen molar-refractivity contribution in [2.75, 3.05) is 6.54 Å². The predicted octanol–water partition coefficient (Wildman–Crippen LogP) is 3.92. The topological polar surface area (TPSA) is 104 Å². The van der Waals surface area contributed by atoms with Gasteiger partial charge in [-0.2, -0.15) is 0 Å². The summed E-state index contributed by atoms with van der Waals surface area (Å²) >= 11 is 0. The number of halogens is 1. The number of carbonyl (C=O) groups is 3. The molecule has 10 heteroatoms. The van der Waals surface area contributed by atoms with E-state index in [1.807, 2.05) is 44.2 Å². The minimum absolute atomic E-state index is 0.0491. The Morgan fingerprint density at radius 2 is 1.62 bits per heavy atom. The highest BCUT2D eigenvalue weighted by Crippen LogP contribution is 2.30. The van der Waals surface area contributed by atoms with E-state index in [1.54, 1.807) is 12.1 Å². The summed E-state index contributed by atoms with van der Waals surface area (Å²) < 4.78 is 41.5. The number of nitrogens with zero attached hydrogens (tertiary/aromatic N) is 2. The van der Waals surface area contributed by atoms with E-state index in [1.165, 1.54) is 41.3 Å². The first-order valence-electron chi connectivity index (χ1n) is 13.2. The van der Waals surface area contributed by atoms with Crippen LogP contribution >= 0.6 is 0 Å². The minimum atomic E-state index is -4.11. The lowest BCUT2D eigenvalue weighted by molar-refractivity contribution is -0.141. The van der Waals surface area contributed by atoms with Crippen molar-refractivity contribution in [1.82, 2.24) is 14.5 Å². The molecule has 3 aromatic carbocycles. The molecule has 3 amide bonds. The van der Waals surface area contributed by atoms with Gasteiger partial charge in [0, 0.05) is 37.5 Å². The molecule has 0 fully saturated rings. The van der Waals surface area contributed by atoms with Crippen molar-refractivity contribution in [2.45, 2.75) is 56.6 Å². The average molecular weight is 566 g/mol. The van der Waals surface area contributed by atoms with E-state index in [-0.39, 0.29) is 41.5 Å². The van der Waals surface area contributed by atoms with Crippen molar-refractivity contribution < 1.29 is 27.2 Å². The quantitative estimate of drug-likeness (QED) is 0.380. The van der Waals surface area contributed by atoms with Gasteiger partial charge < -0.3 is 10.2 Å². The lowest BCUT2D eigenvalue weighted by atomic mass is 10.0. The Kier molecular flexibility index (Phi) is 8.99. The van der Waals surface area contributed by atoms with Crippen molar-refractivity contribution >= 4 is 27.7 Å². The fourth-order valence-electron chi connectivity index (χ4n) is 4.60. The van der Waals surface area contributed by atoms with Crippen LogP contribution in [0.15, 0.2) is 83.8 Å². The smallest absolute Gasteiger partial charge is 0.269 e. The zero-order valence-corrected chi connectivity index (χ0v) is 23.2.